The molecule has 3 rings (SSSR count). The van der Waals surface area contributed by atoms with Crippen LogP contribution in [0.1, 0.15) is 31.5 Å². The Balaban J connectivity index is 1.54. The van der Waals surface area contributed by atoms with Gasteiger partial charge in [-0.15, -0.1) is 0 Å². The van der Waals surface area contributed by atoms with Crippen molar-refractivity contribution in [1.82, 2.24) is 20.4 Å². The zero-order chi connectivity index (χ0) is 17.5. The number of benzene rings is 1. The summed E-state index contributed by atoms with van der Waals surface area (Å²) in [5.41, 5.74) is 0. The molecule has 1 N–H and O–H groups in total. The summed E-state index contributed by atoms with van der Waals surface area (Å²) in [6.07, 6.45) is 2.19. The molecule has 0 aliphatic carbocycles. The molecule has 1 aliphatic rings. The van der Waals surface area contributed by atoms with Crippen LogP contribution in [0.25, 0.3) is 0 Å². The van der Waals surface area contributed by atoms with Crippen LogP contribution >= 0.6 is 0 Å². The van der Waals surface area contributed by atoms with Crippen LogP contribution in [0.5, 0.6) is 5.75 Å². The van der Waals surface area contributed by atoms with Gasteiger partial charge >= 0.3 is 0 Å². The maximum Gasteiger partial charge on any atom is 0.248 e. The Morgan fingerprint density at radius 2 is 2.08 bits per heavy atom. The maximum absolute atomic E-state index is 6.06. The van der Waals surface area contributed by atoms with Gasteiger partial charge in [-0.25, -0.2) is 4.99 Å². The van der Waals surface area contributed by atoms with Gasteiger partial charge in [0.05, 0.1) is 0 Å². The van der Waals surface area contributed by atoms with Crippen molar-refractivity contribution < 1.29 is 9.26 Å². The molecule has 2 aromatic rings. The largest absolute Gasteiger partial charge is 0.490 e. The second-order valence-electron chi connectivity index (χ2n) is 6.02. The fraction of sp³-hybridized carbons (Fsp3) is 0.500. The highest BCUT2D eigenvalue weighted by molar-refractivity contribution is 5.80. The molecule has 0 spiro atoms. The van der Waals surface area contributed by atoms with Crippen LogP contribution in [-0.2, 0) is 6.54 Å². The smallest absolute Gasteiger partial charge is 0.248 e. The van der Waals surface area contributed by atoms with Crippen LogP contribution in [-0.4, -0.2) is 46.7 Å². The number of aliphatic imine (C=N–C) groups is 1. The summed E-state index contributed by atoms with van der Waals surface area (Å²) in [6.45, 7) is 6.90. The van der Waals surface area contributed by atoms with E-state index in [9.17, 15) is 0 Å². The first-order valence-corrected chi connectivity index (χ1v) is 8.78. The van der Waals surface area contributed by atoms with Gasteiger partial charge in [0, 0.05) is 32.5 Å². The highest BCUT2D eigenvalue weighted by Gasteiger charge is 2.22. The Bertz CT molecular complexity index is 678. The van der Waals surface area contributed by atoms with Gasteiger partial charge in [-0.1, -0.05) is 23.4 Å². The minimum absolute atomic E-state index is 0.250. The second-order valence-corrected chi connectivity index (χ2v) is 6.02. The van der Waals surface area contributed by atoms with Gasteiger partial charge in [0.2, 0.25) is 5.89 Å². The molecule has 1 fully saturated rings. The lowest BCUT2D eigenvalue weighted by molar-refractivity contribution is 0.129. The van der Waals surface area contributed by atoms with Crippen molar-refractivity contribution in [2.75, 3.05) is 19.6 Å². The molecule has 1 aromatic heterocycles. The first kappa shape index (κ1) is 17.3. The number of rotatable bonds is 5. The SMILES string of the molecule is CCNC(=NCc1nc(C)no1)N1CCC(Oc2ccccc2)CC1. The Kier molecular flexibility index (Phi) is 5.87. The van der Waals surface area contributed by atoms with E-state index in [-0.39, 0.29) is 6.10 Å². The number of nitrogens with one attached hydrogen (secondary N) is 1. The van der Waals surface area contributed by atoms with E-state index in [1.165, 1.54) is 0 Å². The van der Waals surface area contributed by atoms with Crippen molar-refractivity contribution in [1.29, 1.82) is 0 Å². The van der Waals surface area contributed by atoms with Crippen molar-refractivity contribution in [2.24, 2.45) is 4.99 Å². The molecule has 7 nitrogen and oxygen atoms in total. The summed E-state index contributed by atoms with van der Waals surface area (Å²) in [5.74, 6) is 2.99. The predicted molar refractivity (Wildman–Crippen MR) is 95.5 cm³/mol. The van der Waals surface area contributed by atoms with Crippen molar-refractivity contribution in [3.8, 4) is 5.75 Å². The molecule has 1 aliphatic heterocycles. The van der Waals surface area contributed by atoms with Gasteiger partial charge in [-0.05, 0) is 26.0 Å². The normalized spacial score (nSPS) is 16.1. The molecule has 0 radical (unpaired) electrons. The molecule has 2 heterocycles. The number of hydrogen-bond acceptors (Lipinski definition) is 5. The van der Waals surface area contributed by atoms with Crippen LogP contribution in [0.15, 0.2) is 39.8 Å². The molecule has 0 unspecified atom stereocenters. The summed E-state index contributed by atoms with van der Waals surface area (Å²) < 4.78 is 11.2. The highest BCUT2D eigenvalue weighted by Crippen LogP contribution is 2.18. The summed E-state index contributed by atoms with van der Waals surface area (Å²) in [7, 11) is 0. The van der Waals surface area contributed by atoms with Gasteiger partial charge < -0.3 is 19.5 Å². The summed E-state index contributed by atoms with van der Waals surface area (Å²) in [4.78, 5) is 11.1. The van der Waals surface area contributed by atoms with Gasteiger partial charge in [0.15, 0.2) is 11.8 Å². The lowest BCUT2D eigenvalue weighted by Crippen LogP contribution is -2.47. The van der Waals surface area contributed by atoms with Crippen molar-refractivity contribution >= 4 is 5.96 Å². The standard InChI is InChI=1S/C18H25N5O2/c1-3-19-18(20-13-17-21-14(2)22-25-17)23-11-9-16(10-12-23)24-15-7-5-4-6-8-15/h4-8,16H,3,9-13H2,1-2H3,(H,19,20). The number of piperidine rings is 1. The molecule has 25 heavy (non-hydrogen) atoms. The molecule has 0 atom stereocenters. The Morgan fingerprint density at radius 1 is 1.32 bits per heavy atom. The molecular formula is C18H25N5O2. The lowest BCUT2D eigenvalue weighted by atomic mass is 10.1. The number of para-hydroxylation sites is 1. The number of likely N-dealkylation sites (tertiary alicyclic amines) is 1. The number of aromatic nitrogens is 2. The summed E-state index contributed by atoms with van der Waals surface area (Å²) >= 11 is 0. The molecule has 0 saturated carbocycles. The van der Waals surface area contributed by atoms with Gasteiger partial charge in [0.1, 0.15) is 18.4 Å². The van der Waals surface area contributed by atoms with Crippen LogP contribution in [0.2, 0.25) is 0 Å². The third kappa shape index (κ3) is 4.95. The molecule has 0 amide bonds. The Labute approximate surface area is 148 Å². The van der Waals surface area contributed by atoms with E-state index in [4.69, 9.17) is 9.26 Å². The van der Waals surface area contributed by atoms with E-state index in [1.54, 1.807) is 6.92 Å². The Hall–Kier alpha value is -2.57. The van der Waals surface area contributed by atoms with Crippen LogP contribution in [0.3, 0.4) is 0 Å². The van der Waals surface area contributed by atoms with Crippen molar-refractivity contribution in [3.05, 3.63) is 42.0 Å². The number of hydrogen-bond donors (Lipinski definition) is 1. The third-order valence-corrected chi connectivity index (χ3v) is 4.06. The summed E-state index contributed by atoms with van der Waals surface area (Å²) in [5, 5.41) is 7.14. The monoisotopic (exact) mass is 343 g/mol. The zero-order valence-corrected chi connectivity index (χ0v) is 14.8. The molecule has 0 bridgehead atoms. The second kappa shape index (κ2) is 8.50. The zero-order valence-electron chi connectivity index (χ0n) is 14.8. The van der Waals surface area contributed by atoms with Gasteiger partial charge in [0.25, 0.3) is 0 Å². The van der Waals surface area contributed by atoms with E-state index in [1.807, 2.05) is 30.3 Å². The average molecular weight is 343 g/mol. The number of ether oxygens (including phenoxy) is 1. The molecule has 1 saturated heterocycles. The van der Waals surface area contributed by atoms with E-state index in [0.29, 0.717) is 18.3 Å². The Morgan fingerprint density at radius 3 is 2.72 bits per heavy atom. The minimum atomic E-state index is 0.250. The number of nitrogens with zero attached hydrogens (tertiary/aromatic N) is 4. The van der Waals surface area contributed by atoms with Crippen LogP contribution in [0.4, 0.5) is 0 Å². The predicted octanol–water partition coefficient (Wildman–Crippen LogP) is 2.39. The van der Waals surface area contributed by atoms with Crippen molar-refractivity contribution in [3.63, 3.8) is 0 Å². The maximum atomic E-state index is 6.06. The molecule has 134 valence electrons. The number of guanidine groups is 1. The van der Waals surface area contributed by atoms with E-state index in [0.717, 1.165) is 44.2 Å². The van der Waals surface area contributed by atoms with Crippen molar-refractivity contribution in [2.45, 2.75) is 39.3 Å². The fourth-order valence-corrected chi connectivity index (χ4v) is 2.85. The van der Waals surface area contributed by atoms with E-state index in [2.05, 4.69) is 32.3 Å². The fourth-order valence-electron chi connectivity index (χ4n) is 2.85. The minimum Gasteiger partial charge on any atom is -0.490 e. The highest BCUT2D eigenvalue weighted by atomic mass is 16.5. The average Bonchev–Trinajstić information content (AvgIpc) is 3.06. The molecule has 7 heteroatoms. The van der Waals surface area contributed by atoms with Gasteiger partial charge in [-0.3, -0.25) is 0 Å². The first-order valence-electron chi connectivity index (χ1n) is 8.78. The van der Waals surface area contributed by atoms with E-state index >= 15 is 0 Å². The van der Waals surface area contributed by atoms with Crippen LogP contribution < -0.4 is 10.1 Å². The topological polar surface area (TPSA) is 75.8 Å². The van der Waals surface area contributed by atoms with E-state index < -0.39 is 0 Å². The first-order chi connectivity index (χ1) is 12.2. The molecular weight excluding hydrogens is 318 g/mol. The number of aryl methyl sites for hydroxylation is 1. The third-order valence-electron chi connectivity index (χ3n) is 4.06. The lowest BCUT2D eigenvalue weighted by Gasteiger charge is -2.34. The van der Waals surface area contributed by atoms with Crippen LogP contribution in [0, 0.1) is 6.92 Å². The molecule has 1 aromatic carbocycles. The summed E-state index contributed by atoms with van der Waals surface area (Å²) in [6, 6.07) is 10.0. The quantitative estimate of drug-likeness (QED) is 0.664. The van der Waals surface area contributed by atoms with Gasteiger partial charge in [-0.2, -0.15) is 4.98 Å².